The highest BCUT2D eigenvalue weighted by atomic mass is 32.2. The van der Waals surface area contributed by atoms with E-state index in [1.807, 2.05) is 0 Å². The summed E-state index contributed by atoms with van der Waals surface area (Å²) in [5, 5.41) is 18.0. The van der Waals surface area contributed by atoms with Crippen molar-refractivity contribution in [1.29, 1.82) is 0 Å². The minimum Gasteiger partial charge on any atom is -0.315 e. The van der Waals surface area contributed by atoms with Crippen LogP contribution < -0.4 is 5.32 Å². The fourth-order valence-corrected chi connectivity index (χ4v) is 4.96. The molecule has 0 spiro atoms. The van der Waals surface area contributed by atoms with Gasteiger partial charge in [0.25, 0.3) is 0 Å². The number of hydrogen-bond acceptors (Lipinski definition) is 8. The molecule has 0 aromatic carbocycles. The highest BCUT2D eigenvalue weighted by Crippen LogP contribution is 2.33. The Morgan fingerprint density at radius 1 is 1.36 bits per heavy atom. The molecule has 1 amide bonds. The molecule has 0 atom stereocenters. The second-order valence-corrected chi connectivity index (χ2v) is 8.78. The van der Waals surface area contributed by atoms with E-state index in [9.17, 15) is 4.79 Å². The Morgan fingerprint density at radius 2 is 2.21 bits per heavy atom. The van der Waals surface area contributed by atoms with E-state index in [0.717, 1.165) is 30.2 Å². The number of hydrogen-bond donors (Lipinski definition) is 1. The predicted molar refractivity (Wildman–Crippen MR) is 108 cm³/mol. The third-order valence-electron chi connectivity index (χ3n) is 4.69. The van der Waals surface area contributed by atoms with Gasteiger partial charge in [-0.15, -0.1) is 21.5 Å². The largest absolute Gasteiger partial charge is 0.328 e. The minimum atomic E-state index is -0.202. The summed E-state index contributed by atoms with van der Waals surface area (Å²) in [6.45, 7) is 1.70. The summed E-state index contributed by atoms with van der Waals surface area (Å²) in [4.78, 5) is 17.5. The Labute approximate surface area is 171 Å². The first kappa shape index (κ1) is 19.1. The topological polar surface area (TPSA) is 98.7 Å². The maximum absolute atomic E-state index is 12.2. The molecule has 1 aliphatic carbocycles. The highest BCUT2D eigenvalue weighted by molar-refractivity contribution is 7.99. The lowest BCUT2D eigenvalue weighted by Crippen LogP contribution is -2.18. The molecule has 0 radical (unpaired) electrons. The lowest BCUT2D eigenvalue weighted by molar-refractivity contribution is -0.114. The van der Waals surface area contributed by atoms with Gasteiger partial charge in [0, 0.05) is 17.3 Å². The van der Waals surface area contributed by atoms with Crippen molar-refractivity contribution in [3.63, 3.8) is 0 Å². The van der Waals surface area contributed by atoms with Crippen LogP contribution in [0.4, 0.5) is 6.01 Å². The van der Waals surface area contributed by atoms with Gasteiger partial charge in [-0.3, -0.25) is 10.1 Å². The molecular formula is C18H22N6O2S2. The highest BCUT2D eigenvalue weighted by Gasteiger charge is 2.24. The van der Waals surface area contributed by atoms with Gasteiger partial charge in [-0.2, -0.15) is 4.98 Å². The first-order valence-corrected chi connectivity index (χ1v) is 11.2. The van der Waals surface area contributed by atoms with Crippen LogP contribution in [-0.4, -0.2) is 36.6 Å². The van der Waals surface area contributed by atoms with Gasteiger partial charge in [0.2, 0.25) is 5.91 Å². The monoisotopic (exact) mass is 418 g/mol. The molecule has 3 aromatic heterocycles. The van der Waals surface area contributed by atoms with E-state index in [4.69, 9.17) is 4.52 Å². The average Bonchev–Trinajstić information content (AvgIpc) is 3.43. The van der Waals surface area contributed by atoms with Crippen LogP contribution in [0.3, 0.4) is 0 Å². The van der Waals surface area contributed by atoms with Crippen LogP contribution in [0.2, 0.25) is 0 Å². The first-order valence-electron chi connectivity index (χ1n) is 9.38. The molecule has 1 saturated carbocycles. The van der Waals surface area contributed by atoms with Crippen molar-refractivity contribution >= 4 is 35.0 Å². The molecule has 0 bridgehead atoms. The van der Waals surface area contributed by atoms with Crippen molar-refractivity contribution < 1.29 is 9.32 Å². The fraction of sp³-hybridized carbons (Fsp3) is 0.500. The Bertz CT molecular complexity index is 915. The maximum Gasteiger partial charge on any atom is 0.328 e. The summed E-state index contributed by atoms with van der Waals surface area (Å²) in [6.07, 6.45) is 6.78. The van der Waals surface area contributed by atoms with Crippen LogP contribution >= 0.6 is 23.1 Å². The number of thioether (sulfide) groups is 1. The Kier molecular flexibility index (Phi) is 6.06. The minimum absolute atomic E-state index is 0.121. The van der Waals surface area contributed by atoms with Gasteiger partial charge in [-0.1, -0.05) is 42.2 Å². The summed E-state index contributed by atoms with van der Waals surface area (Å²) in [5.41, 5.74) is 0. The molecule has 1 fully saturated rings. The van der Waals surface area contributed by atoms with E-state index in [1.54, 1.807) is 18.3 Å². The number of carbonyl (C=O) groups excluding carboxylic acids is 1. The number of anilines is 1. The van der Waals surface area contributed by atoms with Gasteiger partial charge in [0.1, 0.15) is 5.82 Å². The van der Waals surface area contributed by atoms with Crippen LogP contribution in [0.25, 0.3) is 0 Å². The standard InChI is InChI=1S/C18H22N6O2S2/c1-12-19-17(26-23-12)20-16(25)11-28-18-22-21-15(10-14-8-5-9-27-14)24(18)13-6-3-2-4-7-13/h5,8-9,13H,2-4,6-7,10-11H2,1H3,(H,19,20,23,25). The molecule has 148 valence electrons. The molecule has 28 heavy (non-hydrogen) atoms. The zero-order valence-corrected chi connectivity index (χ0v) is 17.3. The molecule has 4 rings (SSSR count). The Balaban J connectivity index is 1.47. The lowest BCUT2D eigenvalue weighted by Gasteiger charge is -2.25. The van der Waals surface area contributed by atoms with Crippen LogP contribution in [0.1, 0.15) is 54.7 Å². The molecule has 8 nitrogen and oxygen atoms in total. The molecule has 0 aliphatic heterocycles. The van der Waals surface area contributed by atoms with Gasteiger partial charge in [-0.05, 0) is 31.2 Å². The normalized spacial score (nSPS) is 15.0. The summed E-state index contributed by atoms with van der Waals surface area (Å²) < 4.78 is 7.19. The number of aromatic nitrogens is 5. The summed E-state index contributed by atoms with van der Waals surface area (Å²) in [7, 11) is 0. The van der Waals surface area contributed by atoms with Gasteiger partial charge in [0.15, 0.2) is 11.0 Å². The Hall–Kier alpha value is -2.20. The van der Waals surface area contributed by atoms with Crippen molar-refractivity contribution in [1.82, 2.24) is 24.9 Å². The van der Waals surface area contributed by atoms with Crippen LogP contribution in [0, 0.1) is 6.92 Å². The molecule has 3 heterocycles. The van der Waals surface area contributed by atoms with E-state index in [2.05, 4.69) is 47.7 Å². The van der Waals surface area contributed by atoms with E-state index in [-0.39, 0.29) is 17.7 Å². The van der Waals surface area contributed by atoms with E-state index >= 15 is 0 Å². The number of amides is 1. The maximum atomic E-state index is 12.2. The van der Waals surface area contributed by atoms with Crippen molar-refractivity contribution in [2.45, 2.75) is 56.6 Å². The summed E-state index contributed by atoms with van der Waals surface area (Å²) in [5.74, 6) is 1.47. The van der Waals surface area contributed by atoms with Crippen LogP contribution in [-0.2, 0) is 11.2 Å². The second-order valence-electron chi connectivity index (χ2n) is 6.80. The molecule has 1 aliphatic rings. The molecule has 1 N–H and O–H groups in total. The summed E-state index contributed by atoms with van der Waals surface area (Å²) >= 11 is 3.13. The Morgan fingerprint density at radius 3 is 2.93 bits per heavy atom. The third kappa shape index (κ3) is 4.61. The van der Waals surface area contributed by atoms with Crippen molar-refractivity contribution in [2.75, 3.05) is 11.1 Å². The van der Waals surface area contributed by atoms with Crippen LogP contribution in [0.5, 0.6) is 0 Å². The van der Waals surface area contributed by atoms with Crippen molar-refractivity contribution in [2.24, 2.45) is 0 Å². The fourth-order valence-electron chi connectivity index (χ4n) is 3.43. The number of aryl methyl sites for hydroxylation is 1. The smallest absolute Gasteiger partial charge is 0.315 e. The number of thiophene rings is 1. The SMILES string of the molecule is Cc1noc(NC(=O)CSc2nnc(Cc3cccs3)n2C2CCCCC2)n1. The van der Waals surface area contributed by atoms with Gasteiger partial charge >= 0.3 is 6.01 Å². The quantitative estimate of drug-likeness (QED) is 0.582. The van der Waals surface area contributed by atoms with Crippen molar-refractivity contribution in [3.8, 4) is 0 Å². The van der Waals surface area contributed by atoms with Crippen molar-refractivity contribution in [3.05, 3.63) is 34.0 Å². The van der Waals surface area contributed by atoms with Gasteiger partial charge in [-0.25, -0.2) is 0 Å². The number of nitrogens with one attached hydrogen (secondary N) is 1. The zero-order valence-electron chi connectivity index (χ0n) is 15.6. The predicted octanol–water partition coefficient (Wildman–Crippen LogP) is 3.86. The van der Waals surface area contributed by atoms with E-state index < -0.39 is 0 Å². The molecule has 3 aromatic rings. The zero-order chi connectivity index (χ0) is 19.3. The van der Waals surface area contributed by atoms with E-state index in [0.29, 0.717) is 11.9 Å². The summed E-state index contributed by atoms with van der Waals surface area (Å²) in [6, 6.07) is 4.70. The molecule has 0 unspecified atom stereocenters. The first-order chi connectivity index (χ1) is 13.7. The number of nitrogens with zero attached hydrogens (tertiary/aromatic N) is 5. The average molecular weight is 419 g/mol. The van der Waals surface area contributed by atoms with Crippen LogP contribution in [0.15, 0.2) is 27.2 Å². The van der Waals surface area contributed by atoms with E-state index in [1.165, 1.54) is 35.9 Å². The van der Waals surface area contributed by atoms with Gasteiger partial charge in [0.05, 0.1) is 5.75 Å². The molecule has 10 heteroatoms. The number of rotatable bonds is 7. The van der Waals surface area contributed by atoms with Gasteiger partial charge < -0.3 is 9.09 Å². The molecular weight excluding hydrogens is 396 g/mol. The third-order valence-corrected chi connectivity index (χ3v) is 6.51. The lowest BCUT2D eigenvalue weighted by atomic mass is 9.95. The second kappa shape index (κ2) is 8.87. The molecule has 0 saturated heterocycles. The number of carbonyl (C=O) groups is 1.